The Labute approximate surface area is 268 Å². The minimum atomic E-state index is -0.633. The molecule has 2 amide bonds. The Morgan fingerprint density at radius 2 is 1.27 bits per heavy atom. The molecule has 0 aliphatic rings. The van der Waals surface area contributed by atoms with Crippen LogP contribution in [-0.2, 0) is 22.6 Å². The summed E-state index contributed by atoms with van der Waals surface area (Å²) in [4.78, 5) is 41.2. The average Bonchev–Trinajstić information content (AvgIpc) is 3.75. The van der Waals surface area contributed by atoms with Crippen LogP contribution in [0, 0.1) is 0 Å². The fraction of sp³-hybridized carbons (Fsp3) is 0.429. The Hall–Kier alpha value is -4.44. The number of benzene rings is 2. The van der Waals surface area contributed by atoms with Gasteiger partial charge in [-0.25, -0.2) is 14.8 Å². The quantitative estimate of drug-likeness (QED) is 0.118. The molecule has 2 heterocycles. The Bertz CT molecular complexity index is 1400. The summed E-state index contributed by atoms with van der Waals surface area (Å²) in [6.07, 6.45) is 6.16. The smallest absolute Gasteiger partial charge is 0.407 e. The molecule has 0 saturated heterocycles. The number of nitrogens with one attached hydrogen (secondary N) is 4. The van der Waals surface area contributed by atoms with Crippen molar-refractivity contribution in [2.45, 2.75) is 73.9 Å². The van der Waals surface area contributed by atoms with Crippen LogP contribution in [0.15, 0.2) is 60.9 Å². The Kier molecular flexibility index (Phi) is 16.7. The van der Waals surface area contributed by atoms with E-state index in [0.29, 0.717) is 18.9 Å². The lowest BCUT2D eigenvalue weighted by molar-refractivity contribution is -0.130. The highest BCUT2D eigenvalue weighted by Crippen LogP contribution is 2.26. The van der Waals surface area contributed by atoms with Crippen LogP contribution in [0.5, 0.6) is 0 Å². The van der Waals surface area contributed by atoms with Gasteiger partial charge in [-0.15, -0.1) is 0 Å². The standard InChI is InChI=1S/C30H37N7O3.C3H8.C2H6/c1-4-14-31-18-27-32-16-25(35-27)23-10-6-21(7-11-23)22-8-12-24(13-9-22)26-17-33-28(36-26)20-37(15-5-2)29(38)19-34-30(39)40-3;1-3-2;1-2/h6-13,16-17,31H,4-5,14-15,18-20H2,1-3H3,(H,32,35)(H,33,36)(H,34,39);3H2,1-2H3;1-2H3. The fourth-order valence-corrected chi connectivity index (χ4v) is 4.33. The molecular formula is C35H51N7O3. The summed E-state index contributed by atoms with van der Waals surface area (Å²) in [6.45, 7) is 14.9. The molecule has 2 aromatic carbocycles. The monoisotopic (exact) mass is 617 g/mol. The van der Waals surface area contributed by atoms with Gasteiger partial charge >= 0.3 is 6.09 Å². The second-order valence-corrected chi connectivity index (χ2v) is 10.2. The molecular weight excluding hydrogens is 566 g/mol. The molecule has 10 heteroatoms. The molecule has 0 spiro atoms. The molecule has 244 valence electrons. The predicted octanol–water partition coefficient (Wildman–Crippen LogP) is 7.17. The molecule has 2 aromatic heterocycles. The van der Waals surface area contributed by atoms with E-state index in [1.807, 2.05) is 27.0 Å². The number of nitrogens with zero attached hydrogens (tertiary/aromatic N) is 3. The van der Waals surface area contributed by atoms with Gasteiger partial charge in [0.2, 0.25) is 5.91 Å². The van der Waals surface area contributed by atoms with Gasteiger partial charge in [0.05, 0.1) is 44.0 Å². The highest BCUT2D eigenvalue weighted by atomic mass is 16.5. The van der Waals surface area contributed by atoms with Gasteiger partial charge in [-0.1, -0.05) is 96.5 Å². The van der Waals surface area contributed by atoms with Crippen molar-refractivity contribution >= 4 is 12.0 Å². The summed E-state index contributed by atoms with van der Waals surface area (Å²) in [6, 6.07) is 16.7. The van der Waals surface area contributed by atoms with Crippen molar-refractivity contribution in [2.75, 3.05) is 26.7 Å². The second kappa shape index (κ2) is 20.5. The molecule has 0 unspecified atom stereocenters. The highest BCUT2D eigenvalue weighted by molar-refractivity contribution is 5.82. The van der Waals surface area contributed by atoms with E-state index < -0.39 is 6.09 Å². The maximum Gasteiger partial charge on any atom is 0.407 e. The number of alkyl carbamates (subject to hydrolysis) is 1. The number of amides is 2. The lowest BCUT2D eigenvalue weighted by atomic mass is 10.0. The Balaban J connectivity index is 0.00000133. The minimum absolute atomic E-state index is 0.123. The van der Waals surface area contributed by atoms with Crippen LogP contribution in [0.25, 0.3) is 33.6 Å². The largest absolute Gasteiger partial charge is 0.453 e. The number of imidazole rings is 2. The number of carbonyl (C=O) groups is 2. The van der Waals surface area contributed by atoms with Crippen molar-refractivity contribution in [3.05, 3.63) is 72.6 Å². The zero-order valence-corrected chi connectivity index (χ0v) is 28.0. The van der Waals surface area contributed by atoms with Crippen molar-refractivity contribution < 1.29 is 14.3 Å². The third-order valence-electron chi connectivity index (χ3n) is 6.46. The van der Waals surface area contributed by atoms with Crippen LogP contribution in [-0.4, -0.2) is 63.6 Å². The molecule has 0 radical (unpaired) electrons. The maximum absolute atomic E-state index is 12.6. The first-order valence-electron chi connectivity index (χ1n) is 16.0. The number of ether oxygens (including phenoxy) is 1. The summed E-state index contributed by atoms with van der Waals surface area (Å²) < 4.78 is 4.54. The van der Waals surface area contributed by atoms with Gasteiger partial charge < -0.3 is 30.2 Å². The van der Waals surface area contributed by atoms with Gasteiger partial charge in [0, 0.05) is 6.54 Å². The summed E-state index contributed by atoms with van der Waals surface area (Å²) in [5, 5.41) is 5.80. The molecule has 0 bridgehead atoms. The van der Waals surface area contributed by atoms with Crippen LogP contribution in [0.4, 0.5) is 4.79 Å². The van der Waals surface area contributed by atoms with Crippen LogP contribution in [0.2, 0.25) is 0 Å². The number of carbonyl (C=O) groups excluding carboxylic acids is 2. The van der Waals surface area contributed by atoms with E-state index in [0.717, 1.165) is 65.4 Å². The maximum atomic E-state index is 12.6. The van der Waals surface area contributed by atoms with E-state index in [1.54, 1.807) is 11.1 Å². The van der Waals surface area contributed by atoms with E-state index in [4.69, 9.17) is 0 Å². The molecule has 0 saturated carbocycles. The zero-order chi connectivity index (χ0) is 33.0. The van der Waals surface area contributed by atoms with E-state index in [9.17, 15) is 9.59 Å². The normalized spacial score (nSPS) is 10.2. The summed E-state index contributed by atoms with van der Waals surface area (Å²) in [7, 11) is 1.27. The van der Waals surface area contributed by atoms with Crippen molar-refractivity contribution in [3.63, 3.8) is 0 Å². The first-order valence-corrected chi connectivity index (χ1v) is 16.0. The lowest BCUT2D eigenvalue weighted by Gasteiger charge is -2.21. The van der Waals surface area contributed by atoms with E-state index in [-0.39, 0.29) is 12.5 Å². The van der Waals surface area contributed by atoms with Crippen LogP contribution >= 0.6 is 0 Å². The van der Waals surface area contributed by atoms with Gasteiger partial charge in [-0.2, -0.15) is 0 Å². The zero-order valence-electron chi connectivity index (χ0n) is 28.0. The van der Waals surface area contributed by atoms with E-state index in [2.05, 4.69) is 105 Å². The van der Waals surface area contributed by atoms with Gasteiger partial charge in [0.25, 0.3) is 0 Å². The molecule has 0 aliphatic heterocycles. The van der Waals surface area contributed by atoms with Crippen molar-refractivity contribution in [1.82, 2.24) is 35.5 Å². The van der Waals surface area contributed by atoms with Crippen molar-refractivity contribution in [2.24, 2.45) is 0 Å². The third-order valence-corrected chi connectivity index (χ3v) is 6.46. The topological polar surface area (TPSA) is 128 Å². The van der Waals surface area contributed by atoms with E-state index >= 15 is 0 Å². The number of aromatic amines is 2. The first-order chi connectivity index (χ1) is 21.9. The van der Waals surface area contributed by atoms with Crippen molar-refractivity contribution in [3.8, 4) is 33.6 Å². The average molecular weight is 618 g/mol. The van der Waals surface area contributed by atoms with Crippen LogP contribution < -0.4 is 10.6 Å². The Morgan fingerprint density at radius 3 is 1.76 bits per heavy atom. The van der Waals surface area contributed by atoms with Gasteiger partial charge in [0.15, 0.2) is 0 Å². The molecule has 0 atom stereocenters. The molecule has 0 fully saturated rings. The molecule has 4 rings (SSSR count). The van der Waals surface area contributed by atoms with Crippen molar-refractivity contribution in [1.29, 1.82) is 0 Å². The predicted molar refractivity (Wildman–Crippen MR) is 182 cm³/mol. The summed E-state index contributed by atoms with van der Waals surface area (Å²) in [5.41, 5.74) is 6.21. The second-order valence-electron chi connectivity index (χ2n) is 10.2. The van der Waals surface area contributed by atoms with Crippen LogP contribution in [0.1, 0.15) is 72.5 Å². The van der Waals surface area contributed by atoms with Crippen LogP contribution in [0.3, 0.4) is 0 Å². The lowest BCUT2D eigenvalue weighted by Crippen LogP contribution is -2.40. The molecule has 4 N–H and O–H groups in total. The molecule has 4 aromatic rings. The van der Waals surface area contributed by atoms with E-state index in [1.165, 1.54) is 13.5 Å². The number of methoxy groups -OCH3 is 1. The van der Waals surface area contributed by atoms with Gasteiger partial charge in [0.1, 0.15) is 18.2 Å². The molecule has 0 aliphatic carbocycles. The van der Waals surface area contributed by atoms with Gasteiger partial charge in [-0.05, 0) is 41.6 Å². The Morgan fingerprint density at radius 1 is 0.778 bits per heavy atom. The first kappa shape index (κ1) is 36.8. The summed E-state index contributed by atoms with van der Waals surface area (Å²) in [5.74, 6) is 1.42. The third kappa shape index (κ3) is 11.9. The highest BCUT2D eigenvalue weighted by Gasteiger charge is 2.16. The number of hydrogen-bond donors (Lipinski definition) is 4. The molecule has 10 nitrogen and oxygen atoms in total. The number of hydrogen-bond acceptors (Lipinski definition) is 6. The number of H-pyrrole nitrogens is 2. The minimum Gasteiger partial charge on any atom is -0.453 e. The fourth-order valence-electron chi connectivity index (χ4n) is 4.33. The number of rotatable bonds is 13. The summed E-state index contributed by atoms with van der Waals surface area (Å²) >= 11 is 0. The molecule has 45 heavy (non-hydrogen) atoms. The SMILES string of the molecule is CC.CCC.CCCNCc1ncc(-c2ccc(-c3ccc(-c4cnc(CN(CCC)C(=O)CNC(=O)OC)[nH]4)cc3)cc2)[nH]1. The number of aromatic nitrogens is 4. The van der Waals surface area contributed by atoms with Gasteiger partial charge in [-0.3, -0.25) is 4.79 Å².